The molecule has 1 amide bonds. The molecule has 2 aliphatic heterocycles. The summed E-state index contributed by atoms with van der Waals surface area (Å²) in [6.45, 7) is 3.56. The molecule has 33 heavy (non-hydrogen) atoms. The zero-order valence-corrected chi connectivity index (χ0v) is 18.3. The lowest BCUT2D eigenvalue weighted by molar-refractivity contribution is -0.117. The Morgan fingerprint density at radius 3 is 2.39 bits per heavy atom. The SMILES string of the molecule is Cc1ccc(C(=O)C2=C(O)C(=O)N(c3ccc(-c4ccon4)cc3)C2C2CCNCC2)cc1. The normalized spacial score (nSPS) is 19.4. The average Bonchev–Trinajstić information content (AvgIpc) is 3.47. The molecule has 2 aromatic carbocycles. The Labute approximate surface area is 191 Å². The number of amides is 1. The second kappa shape index (κ2) is 8.67. The highest BCUT2D eigenvalue weighted by atomic mass is 16.5. The first-order valence-corrected chi connectivity index (χ1v) is 11.1. The molecule has 1 saturated heterocycles. The average molecular weight is 444 g/mol. The largest absolute Gasteiger partial charge is 0.503 e. The van der Waals surface area contributed by atoms with Crippen LogP contribution in [0.2, 0.25) is 0 Å². The third-order valence-corrected chi connectivity index (χ3v) is 6.52. The summed E-state index contributed by atoms with van der Waals surface area (Å²) in [5.74, 6) is -1.24. The number of nitrogens with one attached hydrogen (secondary N) is 1. The molecule has 0 aliphatic carbocycles. The van der Waals surface area contributed by atoms with Gasteiger partial charge in [0.25, 0.3) is 5.91 Å². The molecule has 3 aromatic rings. The van der Waals surface area contributed by atoms with Crippen molar-refractivity contribution < 1.29 is 19.2 Å². The lowest BCUT2D eigenvalue weighted by Crippen LogP contribution is -2.45. The van der Waals surface area contributed by atoms with E-state index in [1.807, 2.05) is 43.3 Å². The van der Waals surface area contributed by atoms with Gasteiger partial charge in [-0.25, -0.2) is 0 Å². The standard InChI is InChI=1S/C26H25N3O4/c1-16-2-4-19(5-3-16)24(30)22-23(18-10-13-27-14-11-18)29(26(32)25(22)31)20-8-6-17(7-9-20)21-12-15-33-28-21/h2-9,12,15,18,23,27,31H,10-11,13-14H2,1H3. The smallest absolute Gasteiger partial charge is 0.294 e. The monoisotopic (exact) mass is 443 g/mol. The topological polar surface area (TPSA) is 95.7 Å². The number of hydrogen-bond donors (Lipinski definition) is 2. The van der Waals surface area contributed by atoms with E-state index in [4.69, 9.17) is 4.52 Å². The molecule has 0 saturated carbocycles. The minimum Gasteiger partial charge on any atom is -0.503 e. The van der Waals surface area contributed by atoms with Gasteiger partial charge in [0.2, 0.25) is 0 Å². The quantitative estimate of drug-likeness (QED) is 0.578. The Kier molecular flexibility index (Phi) is 5.56. The molecule has 0 spiro atoms. The van der Waals surface area contributed by atoms with Crippen molar-refractivity contribution in [3.63, 3.8) is 0 Å². The number of aliphatic hydroxyl groups excluding tert-OH is 1. The van der Waals surface area contributed by atoms with Gasteiger partial charge in [0, 0.05) is 22.9 Å². The zero-order chi connectivity index (χ0) is 22.9. The molecule has 168 valence electrons. The second-order valence-electron chi connectivity index (χ2n) is 8.60. The van der Waals surface area contributed by atoms with E-state index in [1.54, 1.807) is 23.1 Å². The van der Waals surface area contributed by atoms with Crippen LogP contribution in [-0.4, -0.2) is 41.1 Å². The number of nitrogens with zero attached hydrogens (tertiary/aromatic N) is 2. The van der Waals surface area contributed by atoms with Crippen molar-refractivity contribution in [1.82, 2.24) is 10.5 Å². The van der Waals surface area contributed by atoms with Crippen molar-refractivity contribution in [2.24, 2.45) is 5.92 Å². The number of aryl methyl sites for hydroxylation is 1. The number of anilines is 1. The molecule has 7 nitrogen and oxygen atoms in total. The third-order valence-electron chi connectivity index (χ3n) is 6.52. The number of carbonyl (C=O) groups excluding carboxylic acids is 2. The highest BCUT2D eigenvalue weighted by Gasteiger charge is 2.47. The van der Waals surface area contributed by atoms with Crippen LogP contribution < -0.4 is 10.2 Å². The van der Waals surface area contributed by atoms with E-state index in [1.165, 1.54) is 6.26 Å². The zero-order valence-electron chi connectivity index (χ0n) is 18.3. The van der Waals surface area contributed by atoms with Gasteiger partial charge < -0.3 is 14.9 Å². The molecular weight excluding hydrogens is 418 g/mol. The van der Waals surface area contributed by atoms with E-state index in [0.29, 0.717) is 16.9 Å². The molecule has 2 aliphatic rings. The van der Waals surface area contributed by atoms with Crippen molar-refractivity contribution in [2.45, 2.75) is 25.8 Å². The maximum absolute atomic E-state index is 13.5. The predicted molar refractivity (Wildman–Crippen MR) is 124 cm³/mol. The first kappa shape index (κ1) is 21.2. The van der Waals surface area contributed by atoms with E-state index >= 15 is 0 Å². The van der Waals surface area contributed by atoms with Gasteiger partial charge in [0.1, 0.15) is 12.0 Å². The van der Waals surface area contributed by atoms with Crippen molar-refractivity contribution >= 4 is 17.4 Å². The van der Waals surface area contributed by atoms with Crippen molar-refractivity contribution in [2.75, 3.05) is 18.0 Å². The van der Waals surface area contributed by atoms with Crippen LogP contribution in [0.1, 0.15) is 28.8 Å². The molecule has 1 unspecified atom stereocenters. The number of piperidine rings is 1. The van der Waals surface area contributed by atoms with Crippen LogP contribution in [0.5, 0.6) is 0 Å². The fourth-order valence-electron chi connectivity index (χ4n) is 4.77. The van der Waals surface area contributed by atoms with Gasteiger partial charge in [-0.05, 0) is 50.9 Å². The van der Waals surface area contributed by atoms with Crippen molar-refractivity contribution in [1.29, 1.82) is 0 Å². The van der Waals surface area contributed by atoms with E-state index in [0.717, 1.165) is 37.1 Å². The Balaban J connectivity index is 1.54. The van der Waals surface area contributed by atoms with E-state index in [9.17, 15) is 14.7 Å². The van der Waals surface area contributed by atoms with Crippen LogP contribution in [0.4, 0.5) is 5.69 Å². The molecular formula is C26H25N3O4. The molecule has 0 radical (unpaired) electrons. The predicted octanol–water partition coefficient (Wildman–Crippen LogP) is 4.06. The van der Waals surface area contributed by atoms with Crippen LogP contribution >= 0.6 is 0 Å². The van der Waals surface area contributed by atoms with Gasteiger partial charge >= 0.3 is 0 Å². The summed E-state index contributed by atoms with van der Waals surface area (Å²) >= 11 is 0. The van der Waals surface area contributed by atoms with Gasteiger partial charge in [0.15, 0.2) is 11.5 Å². The number of aromatic nitrogens is 1. The molecule has 5 rings (SSSR count). The molecule has 3 heterocycles. The summed E-state index contributed by atoms with van der Waals surface area (Å²) < 4.78 is 4.92. The highest BCUT2D eigenvalue weighted by Crippen LogP contribution is 2.39. The molecule has 1 atom stereocenters. The van der Waals surface area contributed by atoms with E-state index in [-0.39, 0.29) is 17.3 Å². The molecule has 2 N–H and O–H groups in total. The van der Waals surface area contributed by atoms with Crippen LogP contribution in [-0.2, 0) is 4.79 Å². The van der Waals surface area contributed by atoms with Gasteiger partial charge in [0.05, 0.1) is 11.6 Å². The summed E-state index contributed by atoms with van der Waals surface area (Å²) in [4.78, 5) is 28.4. The summed E-state index contributed by atoms with van der Waals surface area (Å²) in [6, 6.07) is 15.8. The van der Waals surface area contributed by atoms with Crippen LogP contribution in [0, 0.1) is 12.8 Å². The van der Waals surface area contributed by atoms with Gasteiger partial charge in [-0.3, -0.25) is 14.5 Å². The number of benzene rings is 2. The molecule has 1 aromatic heterocycles. The Hall–Kier alpha value is -3.71. The Morgan fingerprint density at radius 1 is 1.06 bits per heavy atom. The minimum absolute atomic E-state index is 0.0551. The van der Waals surface area contributed by atoms with Gasteiger partial charge in [-0.2, -0.15) is 0 Å². The summed E-state index contributed by atoms with van der Waals surface area (Å²) in [5, 5.41) is 18.2. The lowest BCUT2D eigenvalue weighted by Gasteiger charge is -2.35. The first-order chi connectivity index (χ1) is 16.0. The van der Waals surface area contributed by atoms with Gasteiger partial charge in [-0.15, -0.1) is 0 Å². The number of rotatable bonds is 5. The molecule has 0 bridgehead atoms. The number of carbonyl (C=O) groups is 2. The van der Waals surface area contributed by atoms with Crippen LogP contribution in [0.25, 0.3) is 11.3 Å². The Morgan fingerprint density at radius 2 is 1.76 bits per heavy atom. The van der Waals surface area contributed by atoms with Crippen molar-refractivity contribution in [3.8, 4) is 11.3 Å². The van der Waals surface area contributed by atoms with E-state index < -0.39 is 17.7 Å². The molecule has 7 heteroatoms. The van der Waals surface area contributed by atoms with Gasteiger partial charge in [-0.1, -0.05) is 47.1 Å². The third kappa shape index (κ3) is 3.85. The summed E-state index contributed by atoms with van der Waals surface area (Å²) in [7, 11) is 0. The first-order valence-electron chi connectivity index (χ1n) is 11.1. The van der Waals surface area contributed by atoms with E-state index in [2.05, 4.69) is 10.5 Å². The maximum Gasteiger partial charge on any atom is 0.294 e. The van der Waals surface area contributed by atoms with Crippen molar-refractivity contribution in [3.05, 3.63) is 83.3 Å². The number of aliphatic hydroxyl groups is 1. The minimum atomic E-state index is -0.539. The maximum atomic E-state index is 13.5. The lowest BCUT2D eigenvalue weighted by atomic mass is 9.83. The fourth-order valence-corrected chi connectivity index (χ4v) is 4.77. The fraction of sp³-hybridized carbons (Fsp3) is 0.269. The Bertz CT molecular complexity index is 1190. The number of ketones is 1. The summed E-state index contributed by atoms with van der Waals surface area (Å²) in [6.07, 6.45) is 3.12. The van der Waals surface area contributed by atoms with Crippen LogP contribution in [0.15, 0.2) is 76.7 Å². The number of hydrogen-bond acceptors (Lipinski definition) is 6. The second-order valence-corrected chi connectivity index (χ2v) is 8.60. The number of Topliss-reactive ketones (excluding diaryl/α,β-unsaturated/α-hetero) is 1. The highest BCUT2D eigenvalue weighted by molar-refractivity contribution is 6.20. The van der Waals surface area contributed by atoms with Crippen LogP contribution in [0.3, 0.4) is 0 Å². The summed E-state index contributed by atoms with van der Waals surface area (Å²) in [5.41, 5.74) is 3.88. The molecule has 1 fully saturated rings.